The van der Waals surface area contributed by atoms with Gasteiger partial charge in [-0.05, 0) is 37.8 Å². The van der Waals surface area contributed by atoms with E-state index in [-0.39, 0.29) is 0 Å². The van der Waals surface area contributed by atoms with E-state index in [0.717, 1.165) is 6.42 Å². The van der Waals surface area contributed by atoms with Gasteiger partial charge in [-0.3, -0.25) is 0 Å². The van der Waals surface area contributed by atoms with Gasteiger partial charge in [0.1, 0.15) is 0 Å². The molecule has 1 unspecified atom stereocenters. The molecule has 56 valence electrons. The molecule has 0 saturated heterocycles. The van der Waals surface area contributed by atoms with Crippen LogP contribution in [-0.2, 0) is 0 Å². The van der Waals surface area contributed by atoms with Crippen molar-refractivity contribution in [1.82, 2.24) is 0 Å². The van der Waals surface area contributed by atoms with Crippen LogP contribution in [0.15, 0.2) is 30.5 Å². The van der Waals surface area contributed by atoms with Crippen LogP contribution in [0.3, 0.4) is 0 Å². The van der Waals surface area contributed by atoms with Gasteiger partial charge in [0.05, 0.1) is 0 Å². The molecule has 0 N–H and O–H groups in total. The van der Waals surface area contributed by atoms with E-state index in [1.807, 2.05) is 19.1 Å². The smallest absolute Gasteiger partial charge is 0.0261 e. The predicted octanol–water partition coefficient (Wildman–Crippen LogP) is 3.32. The molecule has 0 nitrogen and oxygen atoms in total. The molecule has 0 amide bonds. The van der Waals surface area contributed by atoms with Crippen LogP contribution in [0.4, 0.5) is 0 Å². The summed E-state index contributed by atoms with van der Waals surface area (Å²) in [6.45, 7) is 7.87. The standard InChI is InChI=1S/C10H16/c1-4-6-7-8-9-10(3)5-2/h4-5,7,10H,2,8-9H2,1,3H3. The molecular formula is C10H16. The van der Waals surface area contributed by atoms with Gasteiger partial charge in [-0.25, -0.2) is 0 Å². The zero-order valence-electron chi connectivity index (χ0n) is 6.93. The SMILES string of the molecule is C=CC(C)CCC=C=CC. The average molecular weight is 136 g/mol. The summed E-state index contributed by atoms with van der Waals surface area (Å²) in [5, 5.41) is 0. The highest BCUT2D eigenvalue weighted by Gasteiger charge is 1.90. The quantitative estimate of drug-likeness (QED) is 0.411. The fourth-order valence-corrected chi connectivity index (χ4v) is 0.665. The minimum absolute atomic E-state index is 0.634. The van der Waals surface area contributed by atoms with Crippen molar-refractivity contribution in [3.05, 3.63) is 30.5 Å². The van der Waals surface area contributed by atoms with Gasteiger partial charge in [-0.2, -0.15) is 0 Å². The predicted molar refractivity (Wildman–Crippen MR) is 46.9 cm³/mol. The molecule has 0 heteroatoms. The lowest BCUT2D eigenvalue weighted by Crippen LogP contribution is -1.85. The van der Waals surface area contributed by atoms with Crippen LogP contribution < -0.4 is 0 Å². The Balaban J connectivity index is 3.36. The Labute approximate surface area is 64.0 Å². The fourth-order valence-electron chi connectivity index (χ4n) is 0.665. The largest absolute Gasteiger partial charge is 0.130 e. The van der Waals surface area contributed by atoms with Gasteiger partial charge in [-0.15, -0.1) is 12.3 Å². The molecule has 0 spiro atoms. The molecule has 0 radical (unpaired) electrons. The van der Waals surface area contributed by atoms with E-state index >= 15 is 0 Å². The molecule has 0 aromatic rings. The monoisotopic (exact) mass is 136 g/mol. The van der Waals surface area contributed by atoms with E-state index in [1.165, 1.54) is 6.42 Å². The lowest BCUT2D eigenvalue weighted by Gasteiger charge is -1.99. The summed E-state index contributed by atoms with van der Waals surface area (Å²) < 4.78 is 0. The summed E-state index contributed by atoms with van der Waals surface area (Å²) in [5.74, 6) is 0.634. The number of rotatable bonds is 4. The van der Waals surface area contributed by atoms with Gasteiger partial charge in [0.25, 0.3) is 0 Å². The summed E-state index contributed by atoms with van der Waals surface area (Å²) in [7, 11) is 0. The molecule has 0 heterocycles. The summed E-state index contributed by atoms with van der Waals surface area (Å²) >= 11 is 0. The van der Waals surface area contributed by atoms with Gasteiger partial charge >= 0.3 is 0 Å². The number of hydrogen-bond acceptors (Lipinski definition) is 0. The molecule has 0 aromatic heterocycles. The van der Waals surface area contributed by atoms with Crippen molar-refractivity contribution < 1.29 is 0 Å². The summed E-state index contributed by atoms with van der Waals surface area (Å²) in [4.78, 5) is 0. The molecule has 0 aliphatic heterocycles. The maximum atomic E-state index is 3.72. The average Bonchev–Trinajstić information content (AvgIpc) is 1.98. The number of hydrogen-bond donors (Lipinski definition) is 0. The highest BCUT2D eigenvalue weighted by Crippen LogP contribution is 2.05. The first kappa shape index (κ1) is 9.26. The van der Waals surface area contributed by atoms with E-state index in [1.54, 1.807) is 0 Å². The van der Waals surface area contributed by atoms with Crippen LogP contribution in [0.1, 0.15) is 26.7 Å². The topological polar surface area (TPSA) is 0 Å². The lowest BCUT2D eigenvalue weighted by molar-refractivity contribution is 0.659. The van der Waals surface area contributed by atoms with Gasteiger partial charge < -0.3 is 0 Å². The molecule has 0 fully saturated rings. The van der Waals surface area contributed by atoms with Crippen molar-refractivity contribution in [2.45, 2.75) is 26.7 Å². The second-order valence-corrected chi connectivity index (χ2v) is 2.45. The van der Waals surface area contributed by atoms with Crippen molar-refractivity contribution in [2.24, 2.45) is 5.92 Å². The van der Waals surface area contributed by atoms with Crippen molar-refractivity contribution in [1.29, 1.82) is 0 Å². The van der Waals surface area contributed by atoms with E-state index in [0.29, 0.717) is 5.92 Å². The van der Waals surface area contributed by atoms with Gasteiger partial charge in [0, 0.05) is 0 Å². The summed E-state index contributed by atoms with van der Waals surface area (Å²) in [6, 6.07) is 0. The van der Waals surface area contributed by atoms with Crippen molar-refractivity contribution >= 4 is 0 Å². The molecular weight excluding hydrogens is 120 g/mol. The lowest BCUT2D eigenvalue weighted by atomic mass is 10.1. The minimum atomic E-state index is 0.634. The Hall–Kier alpha value is -0.740. The minimum Gasteiger partial charge on any atom is -0.130 e. The zero-order chi connectivity index (χ0) is 7.82. The van der Waals surface area contributed by atoms with E-state index in [4.69, 9.17) is 0 Å². The Morgan fingerprint density at radius 1 is 1.60 bits per heavy atom. The van der Waals surface area contributed by atoms with Crippen molar-refractivity contribution in [2.75, 3.05) is 0 Å². The first-order valence-electron chi connectivity index (χ1n) is 3.79. The molecule has 0 rings (SSSR count). The van der Waals surface area contributed by atoms with E-state index in [9.17, 15) is 0 Å². The van der Waals surface area contributed by atoms with Crippen molar-refractivity contribution in [3.63, 3.8) is 0 Å². The molecule has 10 heavy (non-hydrogen) atoms. The Bertz CT molecular complexity index is 136. The maximum absolute atomic E-state index is 3.72. The second kappa shape index (κ2) is 6.38. The zero-order valence-corrected chi connectivity index (χ0v) is 6.93. The van der Waals surface area contributed by atoms with Gasteiger partial charge in [0.15, 0.2) is 0 Å². The first-order chi connectivity index (χ1) is 4.81. The third kappa shape index (κ3) is 5.40. The molecule has 0 bridgehead atoms. The van der Waals surface area contributed by atoms with E-state index < -0.39 is 0 Å². The van der Waals surface area contributed by atoms with Crippen molar-refractivity contribution in [3.8, 4) is 0 Å². The third-order valence-electron chi connectivity index (χ3n) is 1.45. The summed E-state index contributed by atoms with van der Waals surface area (Å²) in [5.41, 5.74) is 3.04. The molecule has 0 aromatic carbocycles. The highest BCUT2D eigenvalue weighted by molar-refractivity contribution is 4.84. The molecule has 0 aliphatic rings. The normalized spacial score (nSPS) is 11.4. The molecule has 1 atom stereocenters. The third-order valence-corrected chi connectivity index (χ3v) is 1.45. The van der Waals surface area contributed by atoms with Crippen LogP contribution in [0.2, 0.25) is 0 Å². The molecule has 0 saturated carbocycles. The summed E-state index contributed by atoms with van der Waals surface area (Å²) in [6.07, 6.45) is 8.28. The van der Waals surface area contributed by atoms with Gasteiger partial charge in [-0.1, -0.05) is 13.0 Å². The fraction of sp³-hybridized carbons (Fsp3) is 0.500. The highest BCUT2D eigenvalue weighted by atomic mass is 14.0. The first-order valence-corrected chi connectivity index (χ1v) is 3.79. The van der Waals surface area contributed by atoms with Crippen LogP contribution in [0, 0.1) is 5.92 Å². The Morgan fingerprint density at radius 2 is 2.30 bits per heavy atom. The maximum Gasteiger partial charge on any atom is -0.0261 e. The van der Waals surface area contributed by atoms with E-state index in [2.05, 4.69) is 25.3 Å². The van der Waals surface area contributed by atoms with Gasteiger partial charge in [0.2, 0.25) is 0 Å². The van der Waals surface area contributed by atoms with Crippen LogP contribution >= 0.6 is 0 Å². The van der Waals surface area contributed by atoms with Crippen LogP contribution in [-0.4, -0.2) is 0 Å². The Kier molecular flexibility index (Phi) is 5.91. The molecule has 0 aliphatic carbocycles. The van der Waals surface area contributed by atoms with Crippen LogP contribution in [0.5, 0.6) is 0 Å². The Morgan fingerprint density at radius 3 is 2.80 bits per heavy atom. The number of allylic oxidation sites excluding steroid dienone is 2. The second-order valence-electron chi connectivity index (χ2n) is 2.45. The van der Waals surface area contributed by atoms with Crippen LogP contribution in [0.25, 0.3) is 0 Å².